The van der Waals surface area contributed by atoms with Crippen LogP contribution in [0.3, 0.4) is 0 Å². The Bertz CT molecular complexity index is 232. The number of nitrogen functional groups attached to an aromatic ring is 1. The van der Waals surface area contributed by atoms with Crippen LogP contribution in [0, 0.1) is 30.2 Å². The summed E-state index contributed by atoms with van der Waals surface area (Å²) < 4.78 is 50.2. The molecular weight excluding hydrogens is 222 g/mol. The topological polar surface area (TPSA) is 26.0 Å². The Balaban J connectivity index is 0. The molecule has 2 N–H and O–H groups in total. The maximum atomic E-state index is 12.6. The summed E-state index contributed by atoms with van der Waals surface area (Å²) in [5.41, 5.74) is 2.88. The van der Waals surface area contributed by atoms with Crippen LogP contribution in [0.2, 0.25) is 0 Å². The van der Waals surface area contributed by atoms with Crippen LogP contribution in [0.5, 0.6) is 0 Å². The molecule has 0 radical (unpaired) electrons. The van der Waals surface area contributed by atoms with Crippen molar-refractivity contribution in [3.05, 3.63) is 28.8 Å². The van der Waals surface area contributed by atoms with E-state index in [-0.39, 0.29) is 0 Å². The maximum Gasteiger partial charge on any atom is 0.185 e. The van der Waals surface area contributed by atoms with Crippen LogP contribution in [0.25, 0.3) is 0 Å². The SMILES string of the molecule is CC.CC.Cc1c(F)c(F)c(N)c(F)c1F. The van der Waals surface area contributed by atoms with Crippen LogP contribution in [0.15, 0.2) is 0 Å². The average molecular weight is 239 g/mol. The fourth-order valence-electron chi connectivity index (χ4n) is 0.758. The van der Waals surface area contributed by atoms with E-state index >= 15 is 0 Å². The molecule has 0 fully saturated rings. The van der Waals surface area contributed by atoms with Gasteiger partial charge in [-0.05, 0) is 6.92 Å². The zero-order valence-corrected chi connectivity index (χ0v) is 10.1. The fourth-order valence-corrected chi connectivity index (χ4v) is 0.758. The van der Waals surface area contributed by atoms with Crippen molar-refractivity contribution < 1.29 is 17.6 Å². The summed E-state index contributed by atoms with van der Waals surface area (Å²) in [4.78, 5) is 0. The largest absolute Gasteiger partial charge is 0.394 e. The van der Waals surface area contributed by atoms with Crippen molar-refractivity contribution >= 4 is 5.69 Å². The molecule has 0 spiro atoms. The third-order valence-electron chi connectivity index (χ3n) is 1.52. The summed E-state index contributed by atoms with van der Waals surface area (Å²) in [5.74, 6) is -6.00. The van der Waals surface area contributed by atoms with Crippen LogP contribution >= 0.6 is 0 Å². The minimum Gasteiger partial charge on any atom is -0.394 e. The van der Waals surface area contributed by atoms with E-state index in [0.717, 1.165) is 6.92 Å². The zero-order valence-electron chi connectivity index (χ0n) is 10.1. The first kappa shape index (κ1) is 17.1. The summed E-state index contributed by atoms with van der Waals surface area (Å²) in [6.45, 7) is 8.93. The molecule has 0 aliphatic rings. The molecule has 0 aliphatic heterocycles. The van der Waals surface area contributed by atoms with E-state index in [9.17, 15) is 17.6 Å². The van der Waals surface area contributed by atoms with Crippen LogP contribution in [-0.2, 0) is 0 Å². The Morgan fingerprint density at radius 2 is 0.938 bits per heavy atom. The van der Waals surface area contributed by atoms with Crippen molar-refractivity contribution in [2.75, 3.05) is 5.73 Å². The highest BCUT2D eigenvalue weighted by molar-refractivity contribution is 5.44. The second kappa shape index (κ2) is 7.96. The lowest BCUT2D eigenvalue weighted by Gasteiger charge is -2.04. The first-order chi connectivity index (χ1) is 7.46. The van der Waals surface area contributed by atoms with Gasteiger partial charge in [-0.25, -0.2) is 17.6 Å². The molecule has 0 aromatic heterocycles. The third kappa shape index (κ3) is 3.40. The quantitative estimate of drug-likeness (QED) is 0.410. The summed E-state index contributed by atoms with van der Waals surface area (Å²) in [6.07, 6.45) is 0. The summed E-state index contributed by atoms with van der Waals surface area (Å²) in [5, 5.41) is 0. The van der Waals surface area contributed by atoms with Crippen LogP contribution in [0.1, 0.15) is 33.3 Å². The molecule has 0 saturated heterocycles. The predicted octanol–water partition coefficient (Wildman–Crippen LogP) is 4.19. The zero-order chi connectivity index (χ0) is 13.5. The minimum atomic E-state index is -1.55. The normalized spacial score (nSPS) is 8.56. The van der Waals surface area contributed by atoms with E-state index in [1.807, 2.05) is 27.7 Å². The highest BCUT2D eigenvalue weighted by Crippen LogP contribution is 2.24. The number of halogens is 4. The smallest absolute Gasteiger partial charge is 0.185 e. The molecule has 0 amide bonds. The maximum absolute atomic E-state index is 12.6. The summed E-state index contributed by atoms with van der Waals surface area (Å²) in [7, 11) is 0. The summed E-state index contributed by atoms with van der Waals surface area (Å²) >= 11 is 0. The molecule has 0 aliphatic carbocycles. The number of anilines is 1. The van der Waals surface area contributed by atoms with Crippen molar-refractivity contribution in [2.24, 2.45) is 0 Å². The van der Waals surface area contributed by atoms with E-state index in [1.165, 1.54) is 0 Å². The Labute approximate surface area is 93.3 Å². The molecule has 5 heteroatoms. The highest BCUT2D eigenvalue weighted by atomic mass is 19.2. The molecule has 0 unspecified atom stereocenters. The average Bonchev–Trinajstić information content (AvgIpc) is 2.36. The van der Waals surface area contributed by atoms with Crippen LogP contribution in [-0.4, -0.2) is 0 Å². The van der Waals surface area contributed by atoms with E-state index in [0.29, 0.717) is 0 Å². The van der Waals surface area contributed by atoms with Gasteiger partial charge in [0.2, 0.25) is 0 Å². The fraction of sp³-hybridized carbons (Fsp3) is 0.455. The van der Waals surface area contributed by atoms with Gasteiger partial charge in [0.25, 0.3) is 0 Å². The first-order valence-electron chi connectivity index (χ1n) is 5.04. The molecule has 0 heterocycles. The monoisotopic (exact) mass is 239 g/mol. The Hall–Kier alpha value is -1.26. The molecule has 16 heavy (non-hydrogen) atoms. The van der Waals surface area contributed by atoms with Gasteiger partial charge in [-0.1, -0.05) is 27.7 Å². The first-order valence-corrected chi connectivity index (χ1v) is 5.04. The standard InChI is InChI=1S/C7H5F4N.2C2H6/c1-2-3(8)5(10)7(12)6(11)4(2)9;2*1-2/h12H2,1H3;2*1-2H3. The van der Waals surface area contributed by atoms with Gasteiger partial charge in [0, 0.05) is 5.56 Å². The second-order valence-electron chi connectivity index (χ2n) is 2.29. The number of rotatable bonds is 0. The lowest BCUT2D eigenvalue weighted by atomic mass is 10.2. The Kier molecular flexibility index (Phi) is 8.53. The Morgan fingerprint density at radius 3 is 1.19 bits per heavy atom. The van der Waals surface area contributed by atoms with E-state index in [2.05, 4.69) is 0 Å². The predicted molar refractivity (Wildman–Crippen MR) is 58.1 cm³/mol. The lowest BCUT2D eigenvalue weighted by Crippen LogP contribution is -2.05. The van der Waals surface area contributed by atoms with E-state index < -0.39 is 34.5 Å². The van der Waals surface area contributed by atoms with Crippen LogP contribution in [0.4, 0.5) is 23.2 Å². The van der Waals surface area contributed by atoms with E-state index in [4.69, 9.17) is 5.73 Å². The van der Waals surface area contributed by atoms with Gasteiger partial charge in [0.15, 0.2) is 23.3 Å². The third-order valence-corrected chi connectivity index (χ3v) is 1.52. The summed E-state index contributed by atoms with van der Waals surface area (Å²) in [6, 6.07) is 0. The van der Waals surface area contributed by atoms with Crippen LogP contribution < -0.4 is 5.73 Å². The molecular formula is C11H17F4N. The van der Waals surface area contributed by atoms with Crippen molar-refractivity contribution in [1.29, 1.82) is 0 Å². The molecule has 0 atom stereocenters. The number of hydrogen-bond donors (Lipinski definition) is 1. The number of nitrogens with two attached hydrogens (primary N) is 1. The van der Waals surface area contributed by atoms with Crippen molar-refractivity contribution in [3.8, 4) is 0 Å². The molecule has 1 rings (SSSR count). The van der Waals surface area contributed by atoms with Gasteiger partial charge in [0.05, 0.1) is 0 Å². The van der Waals surface area contributed by atoms with Gasteiger partial charge >= 0.3 is 0 Å². The van der Waals surface area contributed by atoms with Gasteiger partial charge in [-0.2, -0.15) is 0 Å². The van der Waals surface area contributed by atoms with Crippen molar-refractivity contribution in [3.63, 3.8) is 0 Å². The molecule has 1 aromatic carbocycles. The minimum absolute atomic E-state index is 0.709. The number of benzene rings is 1. The highest BCUT2D eigenvalue weighted by Gasteiger charge is 2.20. The molecule has 94 valence electrons. The van der Waals surface area contributed by atoms with Gasteiger partial charge in [0.1, 0.15) is 5.69 Å². The molecule has 0 bridgehead atoms. The van der Waals surface area contributed by atoms with E-state index in [1.54, 1.807) is 0 Å². The Morgan fingerprint density at radius 1 is 0.688 bits per heavy atom. The van der Waals surface area contributed by atoms with Crippen molar-refractivity contribution in [1.82, 2.24) is 0 Å². The lowest BCUT2D eigenvalue weighted by molar-refractivity contribution is 0.451. The van der Waals surface area contributed by atoms with Gasteiger partial charge in [-0.15, -0.1) is 0 Å². The number of hydrogen-bond acceptors (Lipinski definition) is 1. The van der Waals surface area contributed by atoms with Crippen molar-refractivity contribution in [2.45, 2.75) is 34.6 Å². The second-order valence-corrected chi connectivity index (χ2v) is 2.29. The molecule has 0 saturated carbocycles. The van der Waals surface area contributed by atoms with Gasteiger partial charge in [-0.3, -0.25) is 0 Å². The van der Waals surface area contributed by atoms with Gasteiger partial charge < -0.3 is 5.73 Å². The molecule has 1 aromatic rings. The molecule has 1 nitrogen and oxygen atoms in total.